The first-order valence-electron chi connectivity index (χ1n) is 18.2. The topological polar surface area (TPSA) is 157 Å². The van der Waals surface area contributed by atoms with Crippen molar-refractivity contribution in [3.8, 4) is 0 Å². The molecule has 5 aliphatic heterocycles. The van der Waals surface area contributed by atoms with Gasteiger partial charge in [-0.25, -0.2) is 0 Å². The second kappa shape index (κ2) is 12.5. The summed E-state index contributed by atoms with van der Waals surface area (Å²) in [6.45, 7) is 0. The van der Waals surface area contributed by atoms with Gasteiger partial charge >= 0.3 is 0 Å². The molecule has 0 aromatic carbocycles. The van der Waals surface area contributed by atoms with E-state index in [1.807, 2.05) is 0 Å². The van der Waals surface area contributed by atoms with Crippen LogP contribution < -0.4 is 42.5 Å². The van der Waals surface area contributed by atoms with Crippen LogP contribution in [0.25, 0.3) is 0 Å². The molecular weight excluding hydrogens is 603 g/mol. The molecule has 9 fully saturated rings. The molecule has 1 radical (unpaired) electrons. The molecule has 11 nitrogen and oxygen atoms in total. The number of aliphatic hydroxyl groups excluding tert-OH is 3. The van der Waals surface area contributed by atoms with Crippen molar-refractivity contribution in [3.05, 3.63) is 0 Å². The van der Waals surface area contributed by atoms with Crippen LogP contribution in [0, 0.1) is 47.3 Å². The fraction of sp³-hybridized carbons (Fsp3) is 1.00. The van der Waals surface area contributed by atoms with E-state index in [-0.39, 0.29) is 65.6 Å². The van der Waals surface area contributed by atoms with Gasteiger partial charge in [0.15, 0.2) is 0 Å². The van der Waals surface area contributed by atoms with E-state index in [0.29, 0.717) is 54.3 Å². The van der Waals surface area contributed by atoms with Gasteiger partial charge < -0.3 is 15.3 Å². The van der Waals surface area contributed by atoms with Gasteiger partial charge in [0.1, 0.15) is 6.10 Å². The van der Waals surface area contributed by atoms with Crippen LogP contribution in [0.4, 0.5) is 0 Å². The Hall–Kier alpha value is 0.0665. The fourth-order valence-corrected chi connectivity index (χ4v) is 12.0. The third-order valence-corrected chi connectivity index (χ3v) is 14.0. The van der Waals surface area contributed by atoms with Crippen LogP contribution >= 0.6 is 0 Å². The molecular formula is C32H56CoN8O3. The van der Waals surface area contributed by atoms with Gasteiger partial charge in [0.05, 0.1) is 61.5 Å². The van der Waals surface area contributed by atoms with Gasteiger partial charge in [-0.05, 0) is 86.4 Å². The Bertz CT molecular complexity index is 1030. The number of nitrogens with one attached hydrogen (secondary N) is 8. The number of fused-ring (bicyclic) bond motifs is 20. The number of hydrogen-bond acceptors (Lipinski definition) is 11. The predicted octanol–water partition coefficient (Wildman–Crippen LogP) is -0.484. The maximum absolute atomic E-state index is 11.4. The molecule has 11 N–H and O–H groups in total. The smallest absolute Gasteiger partial charge is 0.106 e. The van der Waals surface area contributed by atoms with Crippen LogP contribution in [-0.2, 0) is 16.8 Å². The van der Waals surface area contributed by atoms with Gasteiger partial charge in [-0.1, -0.05) is 38.5 Å². The maximum Gasteiger partial charge on any atom is 0.106 e. The molecule has 0 amide bonds. The molecule has 0 spiro atoms. The molecule has 0 aromatic rings. The third kappa shape index (κ3) is 5.18. The van der Waals surface area contributed by atoms with Crippen LogP contribution in [-0.4, -0.2) is 83.0 Å². The third-order valence-electron chi connectivity index (χ3n) is 14.0. The van der Waals surface area contributed by atoms with Gasteiger partial charge in [-0.15, -0.1) is 0 Å². The zero-order valence-electron chi connectivity index (χ0n) is 25.8. The largest absolute Gasteiger partial charge is 0.390 e. The number of hydrogen-bond donors (Lipinski definition) is 11. The van der Waals surface area contributed by atoms with Crippen LogP contribution in [0.1, 0.15) is 83.5 Å². The fourth-order valence-electron chi connectivity index (χ4n) is 12.0. The van der Waals surface area contributed by atoms with E-state index >= 15 is 0 Å². The molecule has 19 atom stereocenters. The van der Waals surface area contributed by atoms with Crippen molar-refractivity contribution in [2.75, 3.05) is 0 Å². The molecule has 0 aromatic heterocycles. The van der Waals surface area contributed by atoms with Gasteiger partial charge in [0.25, 0.3) is 0 Å². The quantitative estimate of drug-likeness (QED) is 0.163. The summed E-state index contributed by atoms with van der Waals surface area (Å²) in [5.74, 6) is 3.41. The molecule has 5 saturated heterocycles. The molecule has 12 heteroatoms. The van der Waals surface area contributed by atoms with Crippen LogP contribution in [0.15, 0.2) is 0 Å². The first-order valence-corrected chi connectivity index (χ1v) is 18.2. The summed E-state index contributed by atoms with van der Waals surface area (Å²) < 4.78 is 0. The van der Waals surface area contributed by atoms with Gasteiger partial charge in [-0.3, -0.25) is 42.5 Å². The molecule has 44 heavy (non-hydrogen) atoms. The van der Waals surface area contributed by atoms with E-state index in [1.165, 1.54) is 77.0 Å². The average molecular weight is 660 g/mol. The van der Waals surface area contributed by atoms with E-state index in [9.17, 15) is 15.3 Å². The molecule has 4 aliphatic carbocycles. The molecule has 19 unspecified atom stereocenters. The van der Waals surface area contributed by atoms with Gasteiger partial charge in [0, 0.05) is 22.7 Å². The van der Waals surface area contributed by atoms with Crippen molar-refractivity contribution in [1.29, 1.82) is 0 Å². The second-order valence-electron chi connectivity index (χ2n) is 16.0. The number of rotatable bonds is 0. The summed E-state index contributed by atoms with van der Waals surface area (Å²) in [6, 6.07) is 0. The van der Waals surface area contributed by atoms with E-state index in [4.69, 9.17) is 0 Å². The summed E-state index contributed by atoms with van der Waals surface area (Å²) in [4.78, 5) is 0. The molecule has 9 aliphatic rings. The average Bonchev–Trinajstić information content (AvgIpc) is 3.75. The summed E-state index contributed by atoms with van der Waals surface area (Å²) in [5, 5.41) is 65.3. The van der Waals surface area contributed by atoms with Crippen LogP contribution in [0.3, 0.4) is 0 Å². The van der Waals surface area contributed by atoms with E-state index in [2.05, 4.69) is 42.5 Å². The minimum atomic E-state index is -1.11. The molecule has 9 rings (SSSR count). The Balaban J connectivity index is 0.00000289. The first kappa shape index (κ1) is 31.3. The maximum atomic E-state index is 11.4. The van der Waals surface area contributed by atoms with E-state index in [1.54, 1.807) is 0 Å². The monoisotopic (exact) mass is 659 g/mol. The van der Waals surface area contributed by atoms with Crippen molar-refractivity contribution < 1.29 is 32.1 Å². The zero-order chi connectivity index (χ0) is 28.8. The van der Waals surface area contributed by atoms with Crippen LogP contribution in [0.2, 0.25) is 0 Å². The van der Waals surface area contributed by atoms with Gasteiger partial charge in [0.2, 0.25) is 0 Å². The SMILES string of the molecule is OC1CC2C3NC4NC(NC5NC(NC6NC(NC(N3)C2C(O)C1O)C1CCCCC61)C1CCCCC51)C1CCCCC41.[Co]. The van der Waals surface area contributed by atoms with Crippen molar-refractivity contribution in [2.45, 2.75) is 151 Å². The van der Waals surface area contributed by atoms with Crippen molar-refractivity contribution in [1.82, 2.24) is 42.5 Å². The van der Waals surface area contributed by atoms with Gasteiger partial charge in [-0.2, -0.15) is 0 Å². The van der Waals surface area contributed by atoms with E-state index < -0.39 is 18.3 Å². The Labute approximate surface area is 272 Å². The minimum absolute atomic E-state index is 0. The molecule has 4 saturated carbocycles. The molecule has 5 heterocycles. The Kier molecular flexibility index (Phi) is 8.91. The number of aliphatic hydroxyl groups is 3. The first-order chi connectivity index (χ1) is 21.0. The second-order valence-corrected chi connectivity index (χ2v) is 16.0. The minimum Gasteiger partial charge on any atom is -0.390 e. The Morgan fingerprint density at radius 1 is 0.341 bits per heavy atom. The molecule has 8 bridgehead atoms. The standard InChI is InChI=1S/C32H56N8O3.Co/c41-21-13-20-22(24(43)23(21)42)32-39-30-19-12-6-5-11-18(19)28(37-30)35-26-15-8-2-1-7-14(15)25(33-26)34-27-16-9-3-4-10-17(16)29(36-27)38-31(20)40-32;/h14-43H,1-13H2;. The summed E-state index contributed by atoms with van der Waals surface area (Å²) >= 11 is 0. The van der Waals surface area contributed by atoms with Crippen molar-refractivity contribution in [3.63, 3.8) is 0 Å². The van der Waals surface area contributed by atoms with Crippen molar-refractivity contribution in [2.24, 2.45) is 47.3 Å². The Morgan fingerprint density at radius 2 is 0.614 bits per heavy atom. The van der Waals surface area contributed by atoms with Crippen molar-refractivity contribution >= 4 is 0 Å². The zero-order valence-corrected chi connectivity index (χ0v) is 26.9. The molecule has 251 valence electrons. The Morgan fingerprint density at radius 3 is 0.932 bits per heavy atom. The summed E-state index contributed by atoms with van der Waals surface area (Å²) in [7, 11) is 0. The predicted molar refractivity (Wildman–Crippen MR) is 161 cm³/mol. The summed E-state index contributed by atoms with van der Waals surface area (Å²) in [5.41, 5.74) is 0. The van der Waals surface area contributed by atoms with Crippen LogP contribution in [0.5, 0.6) is 0 Å². The summed E-state index contributed by atoms with van der Waals surface area (Å²) in [6.07, 6.45) is 14.1. The van der Waals surface area contributed by atoms with E-state index in [0.717, 1.165) is 0 Å². The normalized spacial score (nSPS) is 58.3.